The van der Waals surface area contributed by atoms with Gasteiger partial charge in [-0.25, -0.2) is 9.37 Å². The average molecular weight is 319 g/mol. The summed E-state index contributed by atoms with van der Waals surface area (Å²) in [6.07, 6.45) is 5.02. The third-order valence-electron chi connectivity index (χ3n) is 3.66. The van der Waals surface area contributed by atoms with E-state index in [1.54, 1.807) is 12.3 Å². The van der Waals surface area contributed by atoms with E-state index in [1.807, 2.05) is 6.07 Å². The summed E-state index contributed by atoms with van der Waals surface area (Å²) in [6, 6.07) is 6.81. The Morgan fingerprint density at radius 2 is 2.41 bits per heavy atom. The Bertz CT molecular complexity index is 652. The van der Waals surface area contributed by atoms with E-state index in [2.05, 4.69) is 15.6 Å². The largest absolute Gasteiger partial charge is 0.313 e. The summed E-state index contributed by atoms with van der Waals surface area (Å²) in [7, 11) is 0. The van der Waals surface area contributed by atoms with Crippen LogP contribution in [0.2, 0.25) is 0 Å². The third kappa shape index (κ3) is 4.11. The molecule has 1 aliphatic rings. The van der Waals surface area contributed by atoms with Gasteiger partial charge in [-0.1, -0.05) is 12.1 Å². The molecule has 0 aliphatic carbocycles. The van der Waals surface area contributed by atoms with E-state index in [9.17, 15) is 9.18 Å². The quantitative estimate of drug-likeness (QED) is 0.891. The number of amides is 1. The van der Waals surface area contributed by atoms with Crippen LogP contribution in [0, 0.1) is 5.82 Å². The molecule has 116 valence electrons. The molecule has 4 nitrogen and oxygen atoms in total. The van der Waals surface area contributed by atoms with Crippen molar-refractivity contribution in [1.82, 2.24) is 10.3 Å². The topological polar surface area (TPSA) is 54.0 Å². The van der Waals surface area contributed by atoms with Crippen LogP contribution in [0.25, 0.3) is 0 Å². The number of nitrogens with one attached hydrogen (secondary N) is 2. The summed E-state index contributed by atoms with van der Waals surface area (Å²) in [5, 5.41) is 6.75. The number of anilines is 1. The zero-order chi connectivity index (χ0) is 15.4. The van der Waals surface area contributed by atoms with Crippen molar-refractivity contribution in [3.05, 3.63) is 46.7 Å². The molecule has 2 aromatic rings. The Labute approximate surface area is 132 Å². The molecule has 1 atom stereocenters. The Hall–Kier alpha value is -1.79. The lowest BCUT2D eigenvalue weighted by atomic mass is 10.1. The standard InChI is InChI=1S/C16H18FN3OS/c17-12-4-1-3-11(7-12)8-14-10-19-16(22-14)20-15(21)9-13-5-2-6-18-13/h1,3-4,7,10,13,18H,2,5-6,8-9H2,(H,19,20,21). The van der Waals surface area contributed by atoms with Gasteiger partial charge < -0.3 is 10.6 Å². The molecule has 1 unspecified atom stereocenters. The van der Waals surface area contributed by atoms with E-state index in [4.69, 9.17) is 0 Å². The monoisotopic (exact) mass is 319 g/mol. The molecule has 0 bridgehead atoms. The van der Waals surface area contributed by atoms with Crippen molar-refractivity contribution < 1.29 is 9.18 Å². The maximum absolute atomic E-state index is 13.2. The molecule has 2 N–H and O–H groups in total. The second kappa shape index (κ2) is 6.98. The van der Waals surface area contributed by atoms with Crippen LogP contribution in [-0.4, -0.2) is 23.5 Å². The lowest BCUT2D eigenvalue weighted by Crippen LogP contribution is -2.27. The minimum Gasteiger partial charge on any atom is -0.313 e. The number of benzene rings is 1. The molecule has 6 heteroatoms. The Morgan fingerprint density at radius 3 is 3.18 bits per heavy atom. The minimum atomic E-state index is -0.236. The fraction of sp³-hybridized carbons (Fsp3) is 0.375. The SMILES string of the molecule is O=C(CC1CCCN1)Nc1ncc(Cc2cccc(F)c2)s1. The van der Waals surface area contributed by atoms with Gasteiger partial charge in [0.05, 0.1) is 0 Å². The van der Waals surface area contributed by atoms with Gasteiger partial charge in [0, 0.05) is 30.0 Å². The number of halogens is 1. The van der Waals surface area contributed by atoms with E-state index in [0.717, 1.165) is 29.8 Å². The van der Waals surface area contributed by atoms with Crippen LogP contribution in [0.5, 0.6) is 0 Å². The first kappa shape index (κ1) is 15.1. The van der Waals surface area contributed by atoms with Gasteiger partial charge in [-0.15, -0.1) is 11.3 Å². The van der Waals surface area contributed by atoms with Crippen molar-refractivity contribution in [2.24, 2.45) is 0 Å². The predicted octanol–water partition coefficient (Wildman–Crippen LogP) is 2.95. The Kier molecular flexibility index (Phi) is 4.80. The summed E-state index contributed by atoms with van der Waals surface area (Å²) in [5.41, 5.74) is 0.900. The average Bonchev–Trinajstić information content (AvgIpc) is 3.11. The number of thiazole rings is 1. The van der Waals surface area contributed by atoms with Crippen molar-refractivity contribution in [2.45, 2.75) is 31.7 Å². The van der Waals surface area contributed by atoms with Crippen molar-refractivity contribution in [3.63, 3.8) is 0 Å². The molecule has 0 radical (unpaired) electrons. The van der Waals surface area contributed by atoms with E-state index < -0.39 is 0 Å². The van der Waals surface area contributed by atoms with Crippen LogP contribution in [-0.2, 0) is 11.2 Å². The van der Waals surface area contributed by atoms with Crippen LogP contribution >= 0.6 is 11.3 Å². The van der Waals surface area contributed by atoms with Crippen LogP contribution in [0.4, 0.5) is 9.52 Å². The van der Waals surface area contributed by atoms with Gasteiger partial charge in [0.2, 0.25) is 5.91 Å². The first-order chi connectivity index (χ1) is 10.7. The van der Waals surface area contributed by atoms with E-state index in [-0.39, 0.29) is 17.8 Å². The Balaban J connectivity index is 1.55. The summed E-state index contributed by atoms with van der Waals surface area (Å²) < 4.78 is 13.2. The summed E-state index contributed by atoms with van der Waals surface area (Å²) in [5.74, 6) is -0.245. The van der Waals surface area contributed by atoms with Crippen LogP contribution < -0.4 is 10.6 Å². The molecule has 2 heterocycles. The second-order valence-electron chi connectivity index (χ2n) is 5.48. The number of hydrogen-bond donors (Lipinski definition) is 2. The van der Waals surface area contributed by atoms with Crippen molar-refractivity contribution in [1.29, 1.82) is 0 Å². The highest BCUT2D eigenvalue weighted by molar-refractivity contribution is 7.15. The summed E-state index contributed by atoms with van der Waals surface area (Å²) in [6.45, 7) is 0.993. The second-order valence-corrected chi connectivity index (χ2v) is 6.60. The first-order valence-electron chi connectivity index (χ1n) is 7.41. The fourth-order valence-electron chi connectivity index (χ4n) is 2.62. The van der Waals surface area contributed by atoms with Gasteiger partial charge in [0.25, 0.3) is 0 Å². The molecule has 0 saturated carbocycles. The molecular formula is C16H18FN3OS. The minimum absolute atomic E-state index is 0.00828. The molecule has 0 spiro atoms. The molecule has 1 aromatic heterocycles. The molecule has 1 amide bonds. The maximum atomic E-state index is 13.2. The number of nitrogens with zero attached hydrogens (tertiary/aromatic N) is 1. The molecule has 1 aliphatic heterocycles. The number of carbonyl (C=O) groups is 1. The van der Waals surface area contributed by atoms with Crippen LogP contribution in [0.3, 0.4) is 0 Å². The first-order valence-corrected chi connectivity index (χ1v) is 8.23. The van der Waals surface area contributed by atoms with Gasteiger partial charge in [-0.05, 0) is 37.1 Å². The fourth-order valence-corrected chi connectivity index (χ4v) is 3.48. The van der Waals surface area contributed by atoms with Gasteiger partial charge in [-0.3, -0.25) is 4.79 Å². The predicted molar refractivity (Wildman–Crippen MR) is 85.6 cm³/mol. The lowest BCUT2D eigenvalue weighted by molar-refractivity contribution is -0.116. The van der Waals surface area contributed by atoms with Crippen LogP contribution in [0.1, 0.15) is 29.7 Å². The molecule has 3 rings (SSSR count). The smallest absolute Gasteiger partial charge is 0.227 e. The summed E-state index contributed by atoms with van der Waals surface area (Å²) >= 11 is 1.43. The van der Waals surface area contributed by atoms with E-state index in [0.29, 0.717) is 18.0 Å². The van der Waals surface area contributed by atoms with E-state index >= 15 is 0 Å². The number of carbonyl (C=O) groups excluding carboxylic acids is 1. The highest BCUT2D eigenvalue weighted by Crippen LogP contribution is 2.22. The molecular weight excluding hydrogens is 301 g/mol. The number of rotatable bonds is 5. The lowest BCUT2D eigenvalue weighted by Gasteiger charge is -2.08. The zero-order valence-electron chi connectivity index (χ0n) is 12.1. The maximum Gasteiger partial charge on any atom is 0.227 e. The number of aromatic nitrogens is 1. The van der Waals surface area contributed by atoms with Crippen LogP contribution in [0.15, 0.2) is 30.5 Å². The zero-order valence-corrected chi connectivity index (χ0v) is 13.0. The van der Waals surface area contributed by atoms with Crippen molar-refractivity contribution in [3.8, 4) is 0 Å². The highest BCUT2D eigenvalue weighted by Gasteiger charge is 2.18. The van der Waals surface area contributed by atoms with Crippen molar-refractivity contribution >= 4 is 22.4 Å². The third-order valence-corrected chi connectivity index (χ3v) is 4.57. The Morgan fingerprint density at radius 1 is 1.50 bits per heavy atom. The molecule has 22 heavy (non-hydrogen) atoms. The van der Waals surface area contributed by atoms with Gasteiger partial charge in [0.15, 0.2) is 5.13 Å². The molecule has 1 fully saturated rings. The van der Waals surface area contributed by atoms with E-state index in [1.165, 1.54) is 23.5 Å². The summed E-state index contributed by atoms with van der Waals surface area (Å²) in [4.78, 5) is 17.2. The highest BCUT2D eigenvalue weighted by atomic mass is 32.1. The molecule has 1 saturated heterocycles. The van der Waals surface area contributed by atoms with Gasteiger partial charge in [-0.2, -0.15) is 0 Å². The molecule has 1 aromatic carbocycles. The van der Waals surface area contributed by atoms with Crippen molar-refractivity contribution in [2.75, 3.05) is 11.9 Å². The van der Waals surface area contributed by atoms with Gasteiger partial charge >= 0.3 is 0 Å². The van der Waals surface area contributed by atoms with Gasteiger partial charge in [0.1, 0.15) is 5.82 Å². The normalized spacial score (nSPS) is 17.6. The number of hydrogen-bond acceptors (Lipinski definition) is 4.